The van der Waals surface area contributed by atoms with Crippen molar-refractivity contribution in [3.05, 3.63) is 58.5 Å². The third-order valence-electron chi connectivity index (χ3n) is 6.20. The quantitative estimate of drug-likeness (QED) is 0.901. The van der Waals surface area contributed by atoms with E-state index in [0.717, 1.165) is 44.8 Å². The number of likely N-dealkylation sites (tertiary alicyclic amines) is 1. The standard InChI is InChI=1S/C22H29N3O2/c1-27-21-4-2-3-20(16-21)25-13-8-19(9-14-25)24-11-6-17(7-12-24)18-5-10-23-22(26)15-18/h2-5,10,15-17,19H,6-9,11-14H2,1H3,(H,23,26). The van der Waals surface area contributed by atoms with Gasteiger partial charge in [0.15, 0.2) is 0 Å². The van der Waals surface area contributed by atoms with Crippen LogP contribution in [0.5, 0.6) is 5.75 Å². The first-order valence-electron chi connectivity index (χ1n) is 10.0. The van der Waals surface area contributed by atoms with E-state index in [-0.39, 0.29) is 5.56 Å². The minimum atomic E-state index is 0.0137. The van der Waals surface area contributed by atoms with Gasteiger partial charge in [-0.15, -0.1) is 0 Å². The molecule has 2 aliphatic heterocycles. The van der Waals surface area contributed by atoms with Crippen LogP contribution in [0.3, 0.4) is 0 Å². The fourth-order valence-corrected chi connectivity index (χ4v) is 4.61. The van der Waals surface area contributed by atoms with Crippen LogP contribution >= 0.6 is 0 Å². The summed E-state index contributed by atoms with van der Waals surface area (Å²) in [5.41, 5.74) is 2.48. The van der Waals surface area contributed by atoms with Crippen molar-refractivity contribution in [2.24, 2.45) is 0 Å². The smallest absolute Gasteiger partial charge is 0.248 e. The first-order valence-corrected chi connectivity index (χ1v) is 10.0. The highest BCUT2D eigenvalue weighted by Gasteiger charge is 2.29. The van der Waals surface area contributed by atoms with E-state index in [1.165, 1.54) is 24.1 Å². The maximum atomic E-state index is 11.6. The molecule has 1 N–H and O–H groups in total. The normalized spacial score (nSPS) is 20.0. The molecular weight excluding hydrogens is 338 g/mol. The van der Waals surface area contributed by atoms with Crippen LogP contribution in [0.4, 0.5) is 5.69 Å². The summed E-state index contributed by atoms with van der Waals surface area (Å²) >= 11 is 0. The molecule has 0 amide bonds. The first kappa shape index (κ1) is 18.1. The topological polar surface area (TPSA) is 48.6 Å². The molecule has 144 valence electrons. The molecule has 2 saturated heterocycles. The Morgan fingerprint density at radius 3 is 2.48 bits per heavy atom. The lowest BCUT2D eigenvalue weighted by Crippen LogP contribution is -2.47. The zero-order valence-electron chi connectivity index (χ0n) is 16.1. The maximum absolute atomic E-state index is 11.6. The van der Waals surface area contributed by atoms with Crippen LogP contribution in [0.25, 0.3) is 0 Å². The molecule has 27 heavy (non-hydrogen) atoms. The minimum absolute atomic E-state index is 0.0137. The molecule has 0 saturated carbocycles. The second-order valence-corrected chi connectivity index (χ2v) is 7.72. The van der Waals surface area contributed by atoms with E-state index >= 15 is 0 Å². The number of ether oxygens (including phenoxy) is 1. The molecule has 2 aromatic rings. The van der Waals surface area contributed by atoms with Crippen LogP contribution in [0, 0.1) is 0 Å². The number of nitrogens with one attached hydrogen (secondary N) is 1. The number of aromatic amines is 1. The lowest BCUT2D eigenvalue weighted by molar-refractivity contribution is 0.132. The molecule has 1 aromatic carbocycles. The highest BCUT2D eigenvalue weighted by molar-refractivity contribution is 5.51. The lowest BCUT2D eigenvalue weighted by atomic mass is 9.88. The summed E-state index contributed by atoms with van der Waals surface area (Å²) < 4.78 is 5.36. The van der Waals surface area contributed by atoms with E-state index in [4.69, 9.17) is 4.74 Å². The molecule has 0 spiro atoms. The van der Waals surface area contributed by atoms with Crippen LogP contribution in [-0.2, 0) is 0 Å². The van der Waals surface area contributed by atoms with Gasteiger partial charge >= 0.3 is 0 Å². The van der Waals surface area contributed by atoms with Crippen LogP contribution < -0.4 is 15.2 Å². The maximum Gasteiger partial charge on any atom is 0.248 e. The third kappa shape index (κ3) is 4.19. The van der Waals surface area contributed by atoms with Crippen LogP contribution in [0.1, 0.15) is 37.2 Å². The van der Waals surface area contributed by atoms with Crippen molar-refractivity contribution in [2.45, 2.75) is 37.6 Å². The fourth-order valence-electron chi connectivity index (χ4n) is 4.61. The van der Waals surface area contributed by atoms with Crippen molar-refractivity contribution < 1.29 is 4.74 Å². The Labute approximate surface area is 161 Å². The van der Waals surface area contributed by atoms with Gasteiger partial charge in [0.05, 0.1) is 7.11 Å². The molecule has 5 nitrogen and oxygen atoms in total. The Hall–Kier alpha value is -2.27. The van der Waals surface area contributed by atoms with Gasteiger partial charge in [-0.25, -0.2) is 0 Å². The number of anilines is 1. The molecule has 0 atom stereocenters. The number of piperidine rings is 2. The Kier molecular flexibility index (Phi) is 5.48. The Morgan fingerprint density at radius 2 is 1.78 bits per heavy atom. The van der Waals surface area contributed by atoms with Gasteiger partial charge in [-0.3, -0.25) is 4.79 Å². The van der Waals surface area contributed by atoms with E-state index in [1.54, 1.807) is 19.4 Å². The lowest BCUT2D eigenvalue weighted by Gasteiger charge is -2.42. The van der Waals surface area contributed by atoms with Crippen molar-refractivity contribution in [3.63, 3.8) is 0 Å². The largest absolute Gasteiger partial charge is 0.497 e. The number of methoxy groups -OCH3 is 1. The van der Waals surface area contributed by atoms with Crippen LogP contribution in [-0.4, -0.2) is 49.2 Å². The van der Waals surface area contributed by atoms with E-state index in [1.807, 2.05) is 6.07 Å². The molecule has 0 bridgehead atoms. The number of rotatable bonds is 4. The van der Waals surface area contributed by atoms with Gasteiger partial charge in [0.2, 0.25) is 5.56 Å². The summed E-state index contributed by atoms with van der Waals surface area (Å²) in [7, 11) is 1.72. The molecule has 2 fully saturated rings. The SMILES string of the molecule is COc1cccc(N2CCC(N3CCC(c4cc[nH]c(=O)c4)CC3)CC2)c1. The number of aromatic nitrogens is 1. The number of hydrogen-bond acceptors (Lipinski definition) is 4. The van der Waals surface area contributed by atoms with Crippen LogP contribution in [0.2, 0.25) is 0 Å². The van der Waals surface area contributed by atoms with Crippen molar-refractivity contribution in [1.82, 2.24) is 9.88 Å². The highest BCUT2D eigenvalue weighted by atomic mass is 16.5. The molecule has 0 radical (unpaired) electrons. The third-order valence-corrected chi connectivity index (χ3v) is 6.20. The molecule has 1 aromatic heterocycles. The zero-order valence-corrected chi connectivity index (χ0v) is 16.1. The predicted molar refractivity (Wildman–Crippen MR) is 109 cm³/mol. The molecule has 2 aliphatic rings. The average molecular weight is 367 g/mol. The van der Waals surface area contributed by atoms with E-state index in [9.17, 15) is 4.79 Å². The van der Waals surface area contributed by atoms with E-state index in [0.29, 0.717) is 12.0 Å². The number of pyridine rings is 1. The number of benzene rings is 1. The molecule has 4 rings (SSSR count). The van der Waals surface area contributed by atoms with Crippen LogP contribution in [0.15, 0.2) is 47.4 Å². The Bertz CT molecular complexity index is 803. The average Bonchev–Trinajstić information content (AvgIpc) is 2.74. The monoisotopic (exact) mass is 367 g/mol. The van der Waals surface area contributed by atoms with Gasteiger partial charge in [0, 0.05) is 43.1 Å². The van der Waals surface area contributed by atoms with E-state index in [2.05, 4.69) is 39.0 Å². The number of nitrogens with zero attached hydrogens (tertiary/aromatic N) is 2. The molecule has 0 aliphatic carbocycles. The van der Waals surface area contributed by atoms with Gasteiger partial charge in [-0.1, -0.05) is 6.07 Å². The highest BCUT2D eigenvalue weighted by Crippen LogP contribution is 2.31. The molecule has 0 unspecified atom stereocenters. The number of H-pyrrole nitrogens is 1. The summed E-state index contributed by atoms with van der Waals surface area (Å²) in [6.07, 6.45) is 6.51. The molecule has 3 heterocycles. The van der Waals surface area contributed by atoms with Gasteiger partial charge in [-0.2, -0.15) is 0 Å². The summed E-state index contributed by atoms with van der Waals surface area (Å²) in [5, 5.41) is 0. The zero-order chi connectivity index (χ0) is 18.6. The Morgan fingerprint density at radius 1 is 1.00 bits per heavy atom. The van der Waals surface area contributed by atoms with Crippen molar-refractivity contribution in [3.8, 4) is 5.75 Å². The second kappa shape index (κ2) is 8.17. The summed E-state index contributed by atoms with van der Waals surface area (Å²) in [4.78, 5) is 19.4. The minimum Gasteiger partial charge on any atom is -0.497 e. The van der Waals surface area contributed by atoms with Gasteiger partial charge in [-0.05, 0) is 68.5 Å². The van der Waals surface area contributed by atoms with Crippen molar-refractivity contribution in [1.29, 1.82) is 0 Å². The summed E-state index contributed by atoms with van der Waals surface area (Å²) in [6, 6.07) is 12.9. The predicted octanol–water partition coefficient (Wildman–Crippen LogP) is 3.23. The fraction of sp³-hybridized carbons (Fsp3) is 0.500. The summed E-state index contributed by atoms with van der Waals surface area (Å²) in [5.74, 6) is 1.46. The molecule has 5 heteroatoms. The second-order valence-electron chi connectivity index (χ2n) is 7.72. The van der Waals surface area contributed by atoms with Gasteiger partial charge < -0.3 is 19.5 Å². The van der Waals surface area contributed by atoms with E-state index < -0.39 is 0 Å². The Balaban J connectivity index is 1.30. The number of hydrogen-bond donors (Lipinski definition) is 1. The molecular formula is C22H29N3O2. The van der Waals surface area contributed by atoms with Gasteiger partial charge in [0.1, 0.15) is 5.75 Å². The van der Waals surface area contributed by atoms with Crippen molar-refractivity contribution >= 4 is 5.69 Å². The first-order chi connectivity index (χ1) is 13.2. The van der Waals surface area contributed by atoms with Crippen molar-refractivity contribution in [2.75, 3.05) is 38.2 Å². The summed E-state index contributed by atoms with van der Waals surface area (Å²) in [6.45, 7) is 4.49. The van der Waals surface area contributed by atoms with Gasteiger partial charge in [0.25, 0.3) is 0 Å².